The Hall–Kier alpha value is -2.78. The van der Waals surface area contributed by atoms with Gasteiger partial charge in [0, 0.05) is 6.07 Å². The van der Waals surface area contributed by atoms with Crippen LogP contribution in [-0.4, -0.2) is 25.3 Å². The fraction of sp³-hybridized carbons (Fsp3) is 0.188. The van der Waals surface area contributed by atoms with E-state index in [1.807, 2.05) is 0 Å². The van der Waals surface area contributed by atoms with Gasteiger partial charge in [-0.15, -0.1) is 0 Å². The van der Waals surface area contributed by atoms with Crippen LogP contribution in [0.2, 0.25) is 0 Å². The number of rotatable bonds is 7. The van der Waals surface area contributed by atoms with Gasteiger partial charge in [0.2, 0.25) is 15.9 Å². The van der Waals surface area contributed by atoms with E-state index < -0.39 is 37.5 Å². The van der Waals surface area contributed by atoms with Gasteiger partial charge in [-0.25, -0.2) is 8.42 Å². The van der Waals surface area contributed by atoms with Gasteiger partial charge in [-0.3, -0.25) is 14.9 Å². The van der Waals surface area contributed by atoms with Crippen molar-refractivity contribution in [3.8, 4) is 0 Å². The average molecular weight is 363 g/mol. The molecule has 9 heteroatoms. The summed E-state index contributed by atoms with van der Waals surface area (Å²) in [5, 5.41) is 11.2. The van der Waals surface area contributed by atoms with Crippen LogP contribution in [0, 0.1) is 17.0 Å². The number of hydrogen-bond acceptors (Lipinski definition) is 5. The first-order valence-electron chi connectivity index (χ1n) is 7.32. The smallest absolute Gasteiger partial charge is 0.289 e. The zero-order valence-electron chi connectivity index (χ0n) is 13.4. The second kappa shape index (κ2) is 7.41. The number of nitrogens with one attached hydrogen (secondary N) is 1. The van der Waals surface area contributed by atoms with Crippen molar-refractivity contribution in [3.63, 3.8) is 0 Å². The van der Waals surface area contributed by atoms with E-state index in [2.05, 4.69) is 4.72 Å². The fourth-order valence-corrected chi connectivity index (χ4v) is 4.03. The third kappa shape index (κ3) is 4.40. The topological polar surface area (TPSA) is 132 Å². The molecule has 2 rings (SSSR count). The Bertz CT molecular complexity index is 897. The Kier molecular flexibility index (Phi) is 5.50. The molecule has 2 aromatic rings. The van der Waals surface area contributed by atoms with E-state index in [4.69, 9.17) is 5.73 Å². The van der Waals surface area contributed by atoms with Gasteiger partial charge in [-0.2, -0.15) is 4.72 Å². The van der Waals surface area contributed by atoms with E-state index in [1.54, 1.807) is 30.3 Å². The first-order chi connectivity index (χ1) is 11.7. The molecule has 0 aliphatic heterocycles. The van der Waals surface area contributed by atoms with Crippen LogP contribution >= 0.6 is 0 Å². The Morgan fingerprint density at radius 1 is 1.20 bits per heavy atom. The Labute approximate surface area is 144 Å². The van der Waals surface area contributed by atoms with Crippen LogP contribution in [0.15, 0.2) is 53.4 Å². The molecule has 1 unspecified atom stereocenters. The molecule has 0 aliphatic carbocycles. The van der Waals surface area contributed by atoms with Crippen LogP contribution in [0.5, 0.6) is 0 Å². The fourth-order valence-electron chi connectivity index (χ4n) is 2.43. The molecule has 8 nitrogen and oxygen atoms in total. The summed E-state index contributed by atoms with van der Waals surface area (Å²) in [6.07, 6.45) is 0.0368. The Morgan fingerprint density at radius 3 is 2.40 bits per heavy atom. The summed E-state index contributed by atoms with van der Waals surface area (Å²) < 4.78 is 27.5. The van der Waals surface area contributed by atoms with Crippen LogP contribution in [0.3, 0.4) is 0 Å². The van der Waals surface area contributed by atoms with Crippen LogP contribution in [0.25, 0.3) is 0 Å². The predicted molar refractivity (Wildman–Crippen MR) is 91.3 cm³/mol. The number of hydrogen-bond donors (Lipinski definition) is 2. The van der Waals surface area contributed by atoms with Crippen molar-refractivity contribution in [3.05, 3.63) is 69.8 Å². The number of amides is 1. The van der Waals surface area contributed by atoms with Gasteiger partial charge in [-0.05, 0) is 24.5 Å². The molecule has 0 heterocycles. The van der Waals surface area contributed by atoms with E-state index >= 15 is 0 Å². The van der Waals surface area contributed by atoms with Gasteiger partial charge in [0.25, 0.3) is 5.69 Å². The molecule has 0 fully saturated rings. The lowest BCUT2D eigenvalue weighted by Crippen LogP contribution is -2.46. The first kappa shape index (κ1) is 18.6. The number of aryl methyl sites for hydroxylation is 1. The summed E-state index contributed by atoms with van der Waals surface area (Å²) in [5.74, 6) is -0.872. The molecule has 25 heavy (non-hydrogen) atoms. The second-order valence-electron chi connectivity index (χ2n) is 5.45. The lowest BCUT2D eigenvalue weighted by Gasteiger charge is -2.17. The monoisotopic (exact) mass is 363 g/mol. The summed E-state index contributed by atoms with van der Waals surface area (Å²) >= 11 is 0. The molecule has 1 atom stereocenters. The van der Waals surface area contributed by atoms with E-state index in [1.165, 1.54) is 19.1 Å². The van der Waals surface area contributed by atoms with Crippen LogP contribution in [0.4, 0.5) is 5.69 Å². The number of primary amides is 1. The highest BCUT2D eigenvalue weighted by atomic mass is 32.2. The first-order valence-corrected chi connectivity index (χ1v) is 8.80. The standard InChI is InChI=1S/C16H17N3O5S/c1-11-6-5-9-14(19(21)22)15(11)25(23,24)18-13(16(17)20)10-12-7-3-2-4-8-12/h2-9,13,18H,10H2,1H3,(H2,17,20). The Morgan fingerprint density at radius 2 is 1.84 bits per heavy atom. The van der Waals surface area contributed by atoms with Gasteiger partial charge in [0.15, 0.2) is 4.90 Å². The third-order valence-corrected chi connectivity index (χ3v) is 5.24. The maximum Gasteiger partial charge on any atom is 0.289 e. The van der Waals surface area contributed by atoms with Crippen molar-refractivity contribution >= 4 is 21.6 Å². The molecule has 0 bridgehead atoms. The normalized spacial score (nSPS) is 12.5. The highest BCUT2D eigenvalue weighted by molar-refractivity contribution is 7.89. The van der Waals surface area contributed by atoms with Gasteiger partial charge in [-0.1, -0.05) is 42.5 Å². The predicted octanol–water partition coefficient (Wildman–Crippen LogP) is 1.28. The van der Waals surface area contributed by atoms with Crippen LogP contribution in [-0.2, 0) is 21.2 Å². The van der Waals surface area contributed by atoms with E-state index in [-0.39, 0.29) is 12.0 Å². The minimum absolute atomic E-state index is 0.0368. The molecule has 0 radical (unpaired) electrons. The number of carbonyl (C=O) groups is 1. The van der Waals surface area contributed by atoms with Crippen molar-refractivity contribution < 1.29 is 18.1 Å². The summed E-state index contributed by atoms with van der Waals surface area (Å²) in [4.78, 5) is 21.6. The SMILES string of the molecule is Cc1cccc([N+](=O)[O-])c1S(=O)(=O)NC(Cc1ccccc1)C(N)=O. The third-order valence-electron chi connectivity index (χ3n) is 3.58. The van der Waals surface area contributed by atoms with E-state index in [0.717, 1.165) is 6.07 Å². The molecule has 0 aliphatic rings. The molecule has 132 valence electrons. The lowest BCUT2D eigenvalue weighted by atomic mass is 10.1. The van der Waals surface area contributed by atoms with Crippen LogP contribution in [0.1, 0.15) is 11.1 Å². The zero-order chi connectivity index (χ0) is 18.6. The second-order valence-corrected chi connectivity index (χ2v) is 7.10. The van der Waals surface area contributed by atoms with Crippen molar-refractivity contribution in [2.45, 2.75) is 24.3 Å². The van der Waals surface area contributed by atoms with Gasteiger partial charge < -0.3 is 5.73 Å². The van der Waals surface area contributed by atoms with Gasteiger partial charge >= 0.3 is 0 Å². The summed E-state index contributed by atoms with van der Waals surface area (Å²) in [6, 6.07) is 11.4. The number of nitrogens with two attached hydrogens (primary N) is 1. The maximum absolute atomic E-state index is 12.7. The number of nitro benzene ring substituents is 1. The molecule has 2 aromatic carbocycles. The zero-order valence-corrected chi connectivity index (χ0v) is 14.2. The van der Waals surface area contributed by atoms with Crippen molar-refractivity contribution in [2.24, 2.45) is 5.73 Å². The molecule has 3 N–H and O–H groups in total. The number of benzene rings is 2. The lowest BCUT2D eigenvalue weighted by molar-refractivity contribution is -0.387. The molecular formula is C16H17N3O5S. The number of sulfonamides is 1. The van der Waals surface area contributed by atoms with Crippen molar-refractivity contribution in [1.29, 1.82) is 0 Å². The molecule has 0 saturated heterocycles. The maximum atomic E-state index is 12.7. The van der Waals surface area contributed by atoms with Gasteiger partial charge in [0.1, 0.15) is 6.04 Å². The number of nitrogens with zero attached hydrogens (tertiary/aromatic N) is 1. The molecule has 0 spiro atoms. The molecule has 0 saturated carbocycles. The highest BCUT2D eigenvalue weighted by Gasteiger charge is 2.31. The molecule has 0 aromatic heterocycles. The summed E-state index contributed by atoms with van der Waals surface area (Å²) in [6.45, 7) is 1.44. The van der Waals surface area contributed by atoms with Crippen molar-refractivity contribution in [2.75, 3.05) is 0 Å². The van der Waals surface area contributed by atoms with E-state index in [9.17, 15) is 23.3 Å². The number of nitro groups is 1. The number of carbonyl (C=O) groups excluding carboxylic acids is 1. The minimum Gasteiger partial charge on any atom is -0.368 e. The van der Waals surface area contributed by atoms with Gasteiger partial charge in [0.05, 0.1) is 4.92 Å². The van der Waals surface area contributed by atoms with Crippen LogP contribution < -0.4 is 10.5 Å². The van der Waals surface area contributed by atoms with E-state index in [0.29, 0.717) is 5.56 Å². The molecule has 1 amide bonds. The largest absolute Gasteiger partial charge is 0.368 e. The quantitative estimate of drug-likeness (QED) is 0.565. The Balaban J connectivity index is 2.39. The average Bonchev–Trinajstić information content (AvgIpc) is 2.54. The highest BCUT2D eigenvalue weighted by Crippen LogP contribution is 2.27. The summed E-state index contributed by atoms with van der Waals surface area (Å²) in [7, 11) is -4.32. The summed E-state index contributed by atoms with van der Waals surface area (Å²) in [5.41, 5.74) is 5.65. The molecular weight excluding hydrogens is 346 g/mol. The minimum atomic E-state index is -4.32. The van der Waals surface area contributed by atoms with Crippen molar-refractivity contribution in [1.82, 2.24) is 4.72 Å².